The van der Waals surface area contributed by atoms with Crippen LogP contribution in [0.1, 0.15) is 38.2 Å². The summed E-state index contributed by atoms with van der Waals surface area (Å²) in [4.78, 5) is 0. The van der Waals surface area contributed by atoms with Gasteiger partial charge in [0.15, 0.2) is 0 Å². The summed E-state index contributed by atoms with van der Waals surface area (Å²) in [6.07, 6.45) is 5.39. The summed E-state index contributed by atoms with van der Waals surface area (Å²) in [5, 5.41) is 18.1. The zero-order valence-corrected chi connectivity index (χ0v) is 10.7. The molecule has 4 heteroatoms. The lowest BCUT2D eigenvalue weighted by Crippen LogP contribution is -2.27. The quantitative estimate of drug-likeness (QED) is 0.531. The molecule has 0 spiro atoms. The number of nitrogens with one attached hydrogen (secondary N) is 3. The molecule has 0 unspecified atom stereocenters. The standard InChI is InChI=1S/C11H16N4.C2H6/c12-8-15-7-10(1-2-11(15)13)9-3-5-14-6-4-9;1-2/h1-2,7-9,12-14H,3-6H2;1-2H3. The van der Waals surface area contributed by atoms with E-state index >= 15 is 0 Å². The van der Waals surface area contributed by atoms with Gasteiger partial charge in [-0.2, -0.15) is 0 Å². The monoisotopic (exact) mass is 234 g/mol. The van der Waals surface area contributed by atoms with Crippen molar-refractivity contribution in [3.63, 3.8) is 0 Å². The number of rotatable bonds is 2. The van der Waals surface area contributed by atoms with E-state index in [1.165, 1.54) is 11.9 Å². The molecule has 1 saturated heterocycles. The first kappa shape index (κ1) is 13.6. The highest BCUT2D eigenvalue weighted by Crippen LogP contribution is 2.23. The van der Waals surface area contributed by atoms with E-state index in [9.17, 15) is 0 Å². The van der Waals surface area contributed by atoms with E-state index in [1.54, 1.807) is 10.6 Å². The van der Waals surface area contributed by atoms with Gasteiger partial charge in [-0.3, -0.25) is 15.4 Å². The largest absolute Gasteiger partial charge is 0.317 e. The lowest BCUT2D eigenvalue weighted by Gasteiger charge is -2.23. The van der Waals surface area contributed by atoms with Crippen LogP contribution in [0.15, 0.2) is 18.3 Å². The molecule has 0 amide bonds. The Morgan fingerprint density at radius 1 is 1.29 bits per heavy atom. The maximum atomic E-state index is 7.58. The molecule has 1 aromatic heterocycles. The molecular formula is C13H22N4. The van der Waals surface area contributed by atoms with Crippen molar-refractivity contribution in [1.29, 1.82) is 10.8 Å². The first-order valence-corrected chi connectivity index (χ1v) is 6.29. The van der Waals surface area contributed by atoms with Gasteiger partial charge in [0.05, 0.1) is 6.34 Å². The molecule has 1 aromatic rings. The molecular weight excluding hydrogens is 212 g/mol. The van der Waals surface area contributed by atoms with E-state index in [1.807, 2.05) is 26.1 Å². The molecule has 0 aromatic carbocycles. The second-order valence-electron chi connectivity index (χ2n) is 3.91. The van der Waals surface area contributed by atoms with Crippen molar-refractivity contribution in [2.45, 2.75) is 32.6 Å². The average Bonchev–Trinajstić information content (AvgIpc) is 2.42. The Balaban J connectivity index is 0.000000686. The fourth-order valence-corrected chi connectivity index (χ4v) is 2.04. The van der Waals surface area contributed by atoms with Gasteiger partial charge >= 0.3 is 0 Å². The molecule has 94 valence electrons. The van der Waals surface area contributed by atoms with Gasteiger partial charge in [-0.25, -0.2) is 0 Å². The van der Waals surface area contributed by atoms with Crippen molar-refractivity contribution in [2.24, 2.45) is 0 Å². The maximum absolute atomic E-state index is 7.58. The van der Waals surface area contributed by atoms with Crippen LogP contribution in [-0.2, 0) is 0 Å². The third kappa shape index (κ3) is 3.53. The van der Waals surface area contributed by atoms with E-state index in [0.717, 1.165) is 25.9 Å². The summed E-state index contributed by atoms with van der Waals surface area (Å²) in [6, 6.07) is 3.78. The maximum Gasteiger partial charge on any atom is 0.129 e. The highest BCUT2D eigenvalue weighted by atomic mass is 15.0. The lowest BCUT2D eigenvalue weighted by molar-refractivity contribution is 0.459. The number of nitrogens with zero attached hydrogens (tertiary/aromatic N) is 1. The van der Waals surface area contributed by atoms with Gasteiger partial charge in [0.1, 0.15) is 5.49 Å². The molecule has 3 N–H and O–H groups in total. The minimum Gasteiger partial charge on any atom is -0.317 e. The van der Waals surface area contributed by atoms with Gasteiger partial charge in [-0.15, -0.1) is 0 Å². The number of aromatic nitrogens is 1. The Bertz CT molecular complexity index is 402. The molecule has 4 nitrogen and oxygen atoms in total. The SMILES string of the molecule is CC.N=Cn1cc(C2CCNCC2)ccc1=N. The van der Waals surface area contributed by atoms with E-state index in [-0.39, 0.29) is 0 Å². The van der Waals surface area contributed by atoms with E-state index in [2.05, 4.69) is 5.32 Å². The Labute approximate surface area is 103 Å². The number of pyridine rings is 1. The normalized spacial score (nSPS) is 15.9. The summed E-state index contributed by atoms with van der Waals surface area (Å²) >= 11 is 0. The number of hydrogen-bond acceptors (Lipinski definition) is 3. The van der Waals surface area contributed by atoms with Gasteiger partial charge in [-0.05, 0) is 43.5 Å². The third-order valence-electron chi connectivity index (χ3n) is 2.95. The van der Waals surface area contributed by atoms with Crippen LogP contribution in [0.2, 0.25) is 0 Å². The Morgan fingerprint density at radius 3 is 2.53 bits per heavy atom. The summed E-state index contributed by atoms with van der Waals surface area (Å²) in [5.74, 6) is 0.582. The molecule has 0 saturated carbocycles. The molecule has 1 fully saturated rings. The van der Waals surface area contributed by atoms with Crippen LogP contribution in [-0.4, -0.2) is 24.0 Å². The van der Waals surface area contributed by atoms with Crippen molar-refractivity contribution in [1.82, 2.24) is 9.88 Å². The zero-order chi connectivity index (χ0) is 12.7. The molecule has 0 bridgehead atoms. The highest BCUT2D eigenvalue weighted by Gasteiger charge is 2.15. The summed E-state index contributed by atoms with van der Waals surface area (Å²) in [7, 11) is 0. The van der Waals surface area contributed by atoms with Crippen LogP contribution in [0, 0.1) is 10.8 Å². The Morgan fingerprint density at radius 2 is 1.94 bits per heavy atom. The van der Waals surface area contributed by atoms with Gasteiger partial charge in [0.2, 0.25) is 0 Å². The van der Waals surface area contributed by atoms with Gasteiger partial charge in [0.25, 0.3) is 0 Å². The van der Waals surface area contributed by atoms with Crippen molar-refractivity contribution < 1.29 is 0 Å². The second kappa shape index (κ2) is 7.01. The van der Waals surface area contributed by atoms with E-state index < -0.39 is 0 Å². The van der Waals surface area contributed by atoms with Crippen LogP contribution in [0.5, 0.6) is 0 Å². The second-order valence-corrected chi connectivity index (χ2v) is 3.91. The summed E-state index contributed by atoms with van der Waals surface area (Å²) in [5.41, 5.74) is 1.61. The molecule has 1 aliphatic rings. The average molecular weight is 234 g/mol. The Hall–Kier alpha value is -1.42. The minimum atomic E-state index is 0.364. The van der Waals surface area contributed by atoms with E-state index in [4.69, 9.17) is 10.8 Å². The first-order chi connectivity index (χ1) is 8.31. The molecule has 1 aliphatic heterocycles. The third-order valence-corrected chi connectivity index (χ3v) is 2.95. The van der Waals surface area contributed by atoms with Crippen molar-refractivity contribution in [2.75, 3.05) is 13.1 Å². The topological polar surface area (TPSA) is 64.7 Å². The first-order valence-electron chi connectivity index (χ1n) is 6.29. The molecule has 0 radical (unpaired) electrons. The fraction of sp³-hybridized carbons (Fsp3) is 0.538. The van der Waals surface area contributed by atoms with Gasteiger partial charge < -0.3 is 5.32 Å². The highest BCUT2D eigenvalue weighted by molar-refractivity contribution is 5.54. The summed E-state index contributed by atoms with van der Waals surface area (Å²) in [6.45, 7) is 6.13. The van der Waals surface area contributed by atoms with Crippen molar-refractivity contribution in [3.8, 4) is 0 Å². The molecule has 2 heterocycles. The van der Waals surface area contributed by atoms with Gasteiger partial charge in [0, 0.05) is 6.20 Å². The van der Waals surface area contributed by atoms with Crippen LogP contribution >= 0.6 is 0 Å². The predicted octanol–water partition coefficient (Wildman–Crippen LogP) is 1.92. The van der Waals surface area contributed by atoms with Crippen LogP contribution in [0.4, 0.5) is 0 Å². The fourth-order valence-electron chi connectivity index (χ4n) is 2.04. The summed E-state index contributed by atoms with van der Waals surface area (Å²) < 4.78 is 1.55. The Kier molecular flexibility index (Phi) is 5.63. The van der Waals surface area contributed by atoms with Crippen LogP contribution in [0.3, 0.4) is 0 Å². The minimum absolute atomic E-state index is 0.364. The predicted molar refractivity (Wildman–Crippen MR) is 70.7 cm³/mol. The van der Waals surface area contributed by atoms with Crippen LogP contribution < -0.4 is 10.8 Å². The smallest absolute Gasteiger partial charge is 0.129 e. The molecule has 17 heavy (non-hydrogen) atoms. The lowest BCUT2D eigenvalue weighted by atomic mass is 9.91. The van der Waals surface area contributed by atoms with Crippen molar-refractivity contribution >= 4 is 6.34 Å². The zero-order valence-electron chi connectivity index (χ0n) is 10.7. The van der Waals surface area contributed by atoms with Crippen LogP contribution in [0.25, 0.3) is 0 Å². The molecule has 2 rings (SSSR count). The van der Waals surface area contributed by atoms with Crippen molar-refractivity contribution in [3.05, 3.63) is 29.4 Å². The number of hydrogen-bond donors (Lipinski definition) is 3. The number of piperidine rings is 1. The van der Waals surface area contributed by atoms with E-state index in [0.29, 0.717) is 11.4 Å². The van der Waals surface area contributed by atoms with Gasteiger partial charge in [-0.1, -0.05) is 19.9 Å². The molecule has 0 aliphatic carbocycles. The molecule has 0 atom stereocenters.